The van der Waals surface area contributed by atoms with E-state index >= 15 is 0 Å². The van der Waals surface area contributed by atoms with Crippen LogP contribution in [0.2, 0.25) is 0 Å². The number of carbonyl (C=O) groups is 1. The number of halogens is 7. The second-order valence-electron chi connectivity index (χ2n) is 9.58. The van der Waals surface area contributed by atoms with Crippen LogP contribution in [0.25, 0.3) is 0 Å². The lowest BCUT2D eigenvalue weighted by molar-refractivity contribution is -0.376. The van der Waals surface area contributed by atoms with Gasteiger partial charge in [-0.15, -0.1) is 0 Å². The summed E-state index contributed by atoms with van der Waals surface area (Å²) in [4.78, 5) is 20.0. The average Bonchev–Trinajstić information content (AvgIpc) is 2.90. The van der Waals surface area contributed by atoms with Gasteiger partial charge in [0.1, 0.15) is 5.82 Å². The van der Waals surface area contributed by atoms with E-state index in [1.807, 2.05) is 4.90 Å². The van der Waals surface area contributed by atoms with Crippen LogP contribution in [0.4, 0.5) is 46.9 Å². The number of nitrogens with zero attached hydrogens (tertiary/aromatic N) is 3. The third-order valence-corrected chi connectivity index (χ3v) is 6.69. The predicted octanol–water partition coefficient (Wildman–Crippen LogP) is 5.49. The molecule has 0 bridgehead atoms. The lowest BCUT2D eigenvalue weighted by Gasteiger charge is -2.35. The Morgan fingerprint density at radius 3 is 1.80 bits per heavy atom. The normalized spacial score (nSPS) is 15.5. The summed E-state index contributed by atoms with van der Waals surface area (Å²) in [6, 6.07) is 10.6. The van der Waals surface area contributed by atoms with Gasteiger partial charge in [-0.05, 0) is 35.4 Å². The maximum Gasteiger partial charge on any atom is 0.430 e. The van der Waals surface area contributed by atoms with E-state index in [2.05, 4.69) is 20.5 Å². The van der Waals surface area contributed by atoms with Gasteiger partial charge in [0.05, 0.1) is 5.69 Å². The number of anilines is 2. The zero-order valence-electron chi connectivity index (χ0n) is 21.4. The van der Waals surface area contributed by atoms with E-state index in [4.69, 9.17) is 0 Å². The minimum atomic E-state index is -5.93. The molecule has 0 saturated carbocycles. The first-order chi connectivity index (χ1) is 19.3. The summed E-state index contributed by atoms with van der Waals surface area (Å²) in [5.41, 5.74) is -4.56. The number of nitrogens with one attached hydrogen (secondary N) is 2. The molecule has 0 aliphatic carbocycles. The molecule has 4 rings (SSSR count). The van der Waals surface area contributed by atoms with Crippen molar-refractivity contribution in [2.24, 2.45) is 0 Å². The maximum absolute atomic E-state index is 14.6. The van der Waals surface area contributed by atoms with Crippen molar-refractivity contribution >= 4 is 17.4 Å². The number of hydrogen-bond donors (Lipinski definition) is 3. The molecule has 7 nitrogen and oxygen atoms in total. The van der Waals surface area contributed by atoms with Gasteiger partial charge in [-0.1, -0.05) is 30.3 Å². The van der Waals surface area contributed by atoms with Gasteiger partial charge in [0.2, 0.25) is 0 Å². The van der Waals surface area contributed by atoms with E-state index in [1.54, 1.807) is 18.2 Å². The van der Waals surface area contributed by atoms with Crippen LogP contribution in [0.3, 0.4) is 0 Å². The molecule has 1 aliphatic rings. The van der Waals surface area contributed by atoms with Crippen molar-refractivity contribution in [1.82, 2.24) is 14.8 Å². The van der Waals surface area contributed by atoms with E-state index in [1.165, 1.54) is 24.5 Å². The number of rotatable bonds is 7. The standard InChI is InChI=1S/C27H26F7N5O2/c28-22-15-19(3-6-23(22)37-24(40)36-21-7-9-35-10-8-21)17-39-13-11-38(12-14-39)16-18-1-4-20(5-2-18)25(41,26(29,30)31)27(32,33)34/h1-10,15,41H,11-14,16-17H2,(H2,35,36,37,40). The van der Waals surface area contributed by atoms with E-state index in [0.717, 1.165) is 12.1 Å². The second-order valence-corrected chi connectivity index (χ2v) is 9.58. The molecule has 0 unspecified atom stereocenters. The van der Waals surface area contributed by atoms with Crippen molar-refractivity contribution in [3.63, 3.8) is 0 Å². The maximum atomic E-state index is 14.6. The molecule has 0 atom stereocenters. The lowest BCUT2D eigenvalue weighted by atomic mass is 9.91. The van der Waals surface area contributed by atoms with Gasteiger partial charge < -0.3 is 15.7 Å². The number of alkyl halides is 6. The first kappa shape index (κ1) is 30.2. The molecule has 0 radical (unpaired) electrons. The highest BCUT2D eigenvalue weighted by molar-refractivity contribution is 5.99. The highest BCUT2D eigenvalue weighted by atomic mass is 19.4. The minimum absolute atomic E-state index is 0.0139. The van der Waals surface area contributed by atoms with E-state index in [0.29, 0.717) is 68.2 Å². The first-order valence-corrected chi connectivity index (χ1v) is 12.4. The molecular weight excluding hydrogens is 559 g/mol. The predicted molar refractivity (Wildman–Crippen MR) is 136 cm³/mol. The SMILES string of the molecule is O=C(Nc1ccncc1)Nc1ccc(CN2CCN(Cc3ccc(C(O)(C(F)(F)F)C(F)(F)F)cc3)CC2)cc1F. The second kappa shape index (κ2) is 12.0. The third-order valence-electron chi connectivity index (χ3n) is 6.69. The van der Waals surface area contributed by atoms with Crippen LogP contribution in [0.15, 0.2) is 67.0 Å². The summed E-state index contributed by atoms with van der Waals surface area (Å²) in [5.74, 6) is -0.600. The van der Waals surface area contributed by atoms with Crippen LogP contribution in [0.1, 0.15) is 16.7 Å². The van der Waals surface area contributed by atoms with Crippen LogP contribution in [-0.4, -0.2) is 64.5 Å². The summed E-state index contributed by atoms with van der Waals surface area (Å²) in [7, 11) is 0. The Kier molecular flexibility index (Phi) is 8.85. The highest BCUT2D eigenvalue weighted by Crippen LogP contribution is 2.50. The summed E-state index contributed by atoms with van der Waals surface area (Å²) in [5, 5.41) is 14.6. The topological polar surface area (TPSA) is 80.7 Å². The summed E-state index contributed by atoms with van der Waals surface area (Å²) in [6.45, 7) is 3.05. The molecule has 0 spiro atoms. The van der Waals surface area contributed by atoms with Crippen LogP contribution in [-0.2, 0) is 18.7 Å². The smallest absolute Gasteiger partial charge is 0.369 e. The molecule has 220 valence electrons. The third kappa shape index (κ3) is 7.13. The molecule has 2 heterocycles. The molecule has 2 aromatic carbocycles. The average molecular weight is 586 g/mol. The Labute approximate surface area is 230 Å². The molecule has 1 fully saturated rings. The van der Waals surface area contributed by atoms with Crippen molar-refractivity contribution in [1.29, 1.82) is 0 Å². The molecule has 2 amide bonds. The zero-order chi connectivity index (χ0) is 29.8. The Morgan fingerprint density at radius 2 is 1.29 bits per heavy atom. The molecular formula is C27H26F7N5O2. The van der Waals surface area contributed by atoms with Crippen LogP contribution >= 0.6 is 0 Å². The minimum Gasteiger partial charge on any atom is -0.369 e. The summed E-state index contributed by atoms with van der Waals surface area (Å²) < 4.78 is 93.2. The van der Waals surface area contributed by atoms with Crippen LogP contribution in [0.5, 0.6) is 0 Å². The number of hydrogen-bond acceptors (Lipinski definition) is 5. The van der Waals surface area contributed by atoms with Gasteiger partial charge in [0, 0.05) is 62.9 Å². The number of urea groups is 1. The molecule has 14 heteroatoms. The number of benzene rings is 2. The van der Waals surface area contributed by atoms with Gasteiger partial charge >= 0.3 is 18.4 Å². The molecule has 3 N–H and O–H groups in total. The van der Waals surface area contributed by atoms with Gasteiger partial charge in [-0.25, -0.2) is 9.18 Å². The molecule has 3 aromatic rings. The highest BCUT2D eigenvalue weighted by Gasteiger charge is 2.71. The summed E-state index contributed by atoms with van der Waals surface area (Å²) in [6.07, 6.45) is -8.85. The number of piperazine rings is 1. The van der Waals surface area contributed by atoms with Crippen molar-refractivity contribution in [3.8, 4) is 0 Å². The summed E-state index contributed by atoms with van der Waals surface area (Å²) >= 11 is 0. The van der Waals surface area contributed by atoms with Gasteiger partial charge in [-0.3, -0.25) is 14.8 Å². The van der Waals surface area contributed by atoms with Crippen molar-refractivity contribution in [3.05, 3.63) is 89.5 Å². The Bertz CT molecular complexity index is 1310. The Hall–Kier alpha value is -3.75. The molecule has 41 heavy (non-hydrogen) atoms. The first-order valence-electron chi connectivity index (χ1n) is 12.4. The largest absolute Gasteiger partial charge is 0.430 e. The fraction of sp³-hybridized carbons (Fsp3) is 0.333. The van der Waals surface area contributed by atoms with E-state index in [-0.39, 0.29) is 5.69 Å². The van der Waals surface area contributed by atoms with Crippen LogP contribution < -0.4 is 10.6 Å². The van der Waals surface area contributed by atoms with E-state index in [9.17, 15) is 40.6 Å². The molecule has 1 saturated heterocycles. The van der Waals surface area contributed by atoms with E-state index < -0.39 is 35.4 Å². The van der Waals surface area contributed by atoms with Crippen molar-refractivity contribution in [2.45, 2.75) is 31.0 Å². The van der Waals surface area contributed by atoms with Crippen LogP contribution in [0, 0.1) is 5.82 Å². The zero-order valence-corrected chi connectivity index (χ0v) is 21.4. The fourth-order valence-electron chi connectivity index (χ4n) is 4.44. The van der Waals surface area contributed by atoms with Gasteiger partial charge in [0.15, 0.2) is 0 Å². The number of carbonyl (C=O) groups excluding carboxylic acids is 1. The Morgan fingerprint density at radius 1 is 0.780 bits per heavy atom. The van der Waals surface area contributed by atoms with Crippen molar-refractivity contribution < 1.29 is 40.6 Å². The quantitative estimate of drug-likeness (QED) is 0.320. The molecule has 1 aromatic heterocycles. The van der Waals surface area contributed by atoms with Gasteiger partial charge in [-0.2, -0.15) is 26.3 Å². The monoisotopic (exact) mass is 585 g/mol. The molecule has 1 aliphatic heterocycles. The van der Waals surface area contributed by atoms with Crippen molar-refractivity contribution in [2.75, 3.05) is 36.8 Å². The Balaban J connectivity index is 1.28. The van der Waals surface area contributed by atoms with Gasteiger partial charge in [0.25, 0.3) is 5.60 Å². The lowest BCUT2D eigenvalue weighted by Crippen LogP contribution is -2.53. The number of aliphatic hydroxyl groups is 1. The fourth-order valence-corrected chi connectivity index (χ4v) is 4.44. The number of amides is 2. The number of pyridine rings is 1. The number of aromatic nitrogens is 1.